The van der Waals surface area contributed by atoms with Crippen LogP contribution in [0.15, 0.2) is 61.2 Å². The van der Waals surface area contributed by atoms with E-state index in [0.29, 0.717) is 29.0 Å². The minimum atomic E-state index is -4.56. The van der Waals surface area contributed by atoms with Crippen molar-refractivity contribution in [2.45, 2.75) is 38.4 Å². The van der Waals surface area contributed by atoms with E-state index in [1.54, 1.807) is 56.9 Å². The van der Waals surface area contributed by atoms with Crippen molar-refractivity contribution in [1.82, 2.24) is 24.5 Å². The molecule has 37 heavy (non-hydrogen) atoms. The minimum absolute atomic E-state index is 0.266. The van der Waals surface area contributed by atoms with E-state index in [9.17, 15) is 18.0 Å². The number of alkyl halides is 3. The summed E-state index contributed by atoms with van der Waals surface area (Å²) in [6.45, 7) is 2.11. The second-order valence-corrected chi connectivity index (χ2v) is 9.27. The van der Waals surface area contributed by atoms with Gasteiger partial charge >= 0.3 is 6.18 Å². The molecule has 2 aromatic heterocycles. The summed E-state index contributed by atoms with van der Waals surface area (Å²) in [6, 6.07) is 12.2. The fourth-order valence-corrected chi connectivity index (χ4v) is 4.66. The number of carbonyl (C=O) groups is 1. The molecule has 192 valence electrons. The second-order valence-electron chi connectivity index (χ2n) is 9.27. The number of anilines is 1. The van der Waals surface area contributed by atoms with Gasteiger partial charge in [0.05, 0.1) is 31.0 Å². The lowest BCUT2D eigenvalue weighted by atomic mass is 9.93. The van der Waals surface area contributed by atoms with Gasteiger partial charge in [0.1, 0.15) is 23.5 Å². The predicted octanol–water partition coefficient (Wildman–Crippen LogP) is 4.70. The zero-order chi connectivity index (χ0) is 26.4. The van der Waals surface area contributed by atoms with Gasteiger partial charge in [-0.3, -0.25) is 4.79 Å². The smallest absolute Gasteiger partial charge is 0.406 e. The van der Waals surface area contributed by atoms with E-state index >= 15 is 0 Å². The minimum Gasteiger partial charge on any atom is -0.495 e. The number of aromatic nitrogens is 5. The maximum absolute atomic E-state index is 13.7. The van der Waals surface area contributed by atoms with Gasteiger partial charge in [0.15, 0.2) is 0 Å². The van der Waals surface area contributed by atoms with E-state index in [0.717, 1.165) is 16.3 Å². The van der Waals surface area contributed by atoms with Crippen molar-refractivity contribution in [3.05, 3.63) is 72.4 Å². The number of para-hydroxylation sites is 1. The van der Waals surface area contributed by atoms with Crippen LogP contribution in [0.3, 0.4) is 0 Å². The molecule has 1 amide bonds. The van der Waals surface area contributed by atoms with Crippen LogP contribution in [0, 0.1) is 6.92 Å². The van der Waals surface area contributed by atoms with Crippen molar-refractivity contribution in [2.75, 3.05) is 18.6 Å². The molecule has 0 radical (unpaired) electrons. The number of halogens is 3. The van der Waals surface area contributed by atoms with Gasteiger partial charge < -0.3 is 14.2 Å². The van der Waals surface area contributed by atoms with Gasteiger partial charge in [0.25, 0.3) is 5.91 Å². The van der Waals surface area contributed by atoms with Crippen LogP contribution >= 0.6 is 0 Å². The average molecular weight is 511 g/mol. The van der Waals surface area contributed by atoms with Gasteiger partial charge in [-0.15, -0.1) is 5.10 Å². The molecular formula is C26H25F3N6O2. The Morgan fingerprint density at radius 2 is 1.89 bits per heavy atom. The molecule has 1 unspecified atom stereocenters. The van der Waals surface area contributed by atoms with E-state index < -0.39 is 24.2 Å². The Bertz CT molecular complexity index is 1460. The molecule has 0 bridgehead atoms. The largest absolute Gasteiger partial charge is 0.495 e. The third kappa shape index (κ3) is 4.56. The Morgan fingerprint density at radius 3 is 2.59 bits per heavy atom. The summed E-state index contributed by atoms with van der Waals surface area (Å²) in [5.41, 5.74) is 2.37. The van der Waals surface area contributed by atoms with Crippen LogP contribution in [0.2, 0.25) is 0 Å². The van der Waals surface area contributed by atoms with Gasteiger partial charge in [0, 0.05) is 17.4 Å². The van der Waals surface area contributed by atoms with Gasteiger partial charge in [-0.2, -0.15) is 13.2 Å². The van der Waals surface area contributed by atoms with Crippen LogP contribution in [0.1, 0.15) is 24.6 Å². The van der Waals surface area contributed by atoms with Gasteiger partial charge in [0.2, 0.25) is 0 Å². The Hall–Kier alpha value is -4.15. The van der Waals surface area contributed by atoms with Crippen molar-refractivity contribution < 1.29 is 22.7 Å². The number of aryl methyl sites for hydroxylation is 2. The van der Waals surface area contributed by atoms with Crippen LogP contribution in [0.4, 0.5) is 18.9 Å². The molecule has 0 saturated heterocycles. The molecule has 5 rings (SSSR count). The topological polar surface area (TPSA) is 78.1 Å². The number of carbonyl (C=O) groups excluding carboxylic acids is 1. The summed E-state index contributed by atoms with van der Waals surface area (Å²) in [5.74, 6) is -0.109. The molecular weight excluding hydrogens is 485 g/mol. The lowest BCUT2D eigenvalue weighted by Crippen LogP contribution is -2.51. The fourth-order valence-electron chi connectivity index (χ4n) is 4.66. The predicted molar refractivity (Wildman–Crippen MR) is 131 cm³/mol. The molecule has 11 heteroatoms. The highest BCUT2D eigenvalue weighted by Crippen LogP contribution is 2.37. The summed E-state index contributed by atoms with van der Waals surface area (Å²) >= 11 is 0. The van der Waals surface area contributed by atoms with E-state index in [1.807, 2.05) is 29.8 Å². The Kier molecular flexibility index (Phi) is 6.01. The molecule has 0 saturated carbocycles. The molecule has 1 aliphatic rings. The third-order valence-electron chi connectivity index (χ3n) is 6.67. The molecule has 1 aliphatic heterocycles. The average Bonchev–Trinajstić information content (AvgIpc) is 3.52. The van der Waals surface area contributed by atoms with Gasteiger partial charge in [-0.1, -0.05) is 29.5 Å². The second kappa shape index (κ2) is 9.06. The number of fused-ring (bicyclic) bond motifs is 1. The summed E-state index contributed by atoms with van der Waals surface area (Å²) in [7, 11) is 1.56. The van der Waals surface area contributed by atoms with Crippen LogP contribution in [0.25, 0.3) is 16.9 Å². The van der Waals surface area contributed by atoms with Crippen molar-refractivity contribution in [3.8, 4) is 22.7 Å². The molecule has 3 heterocycles. The van der Waals surface area contributed by atoms with Crippen LogP contribution in [-0.2, 0) is 16.8 Å². The number of hydrogen-bond donors (Lipinski definition) is 0. The first kappa shape index (κ1) is 24.5. The monoisotopic (exact) mass is 510 g/mol. The van der Waals surface area contributed by atoms with E-state index in [1.165, 1.54) is 4.68 Å². The number of methoxy groups -OCH3 is 1. The van der Waals surface area contributed by atoms with Crippen LogP contribution in [0.5, 0.6) is 5.75 Å². The van der Waals surface area contributed by atoms with Crippen molar-refractivity contribution >= 4 is 11.6 Å². The summed E-state index contributed by atoms with van der Waals surface area (Å²) in [5, 5.41) is 8.44. The molecule has 2 aromatic carbocycles. The summed E-state index contributed by atoms with van der Waals surface area (Å²) in [4.78, 5) is 18.7. The fraction of sp³-hybridized carbons (Fsp3) is 0.308. The molecule has 0 aliphatic carbocycles. The molecule has 4 aromatic rings. The molecule has 0 spiro atoms. The molecule has 8 nitrogen and oxygen atoms in total. The van der Waals surface area contributed by atoms with E-state index in [-0.39, 0.29) is 12.1 Å². The van der Waals surface area contributed by atoms with E-state index in [4.69, 9.17) is 4.74 Å². The number of ether oxygens (including phenoxy) is 1. The Balaban J connectivity index is 1.51. The molecule has 1 atom stereocenters. The molecule has 0 N–H and O–H groups in total. The standard InChI is InChI=1S/C26H25F3N6O2/c1-17-13-33(16-30-17)22-9-8-19(12-23(22)37-3)20-14-35(32-31-20)25(2)11-10-18-6-4-5-7-21(18)34(24(25)36)15-26(27,28)29/h4-9,12-14,16H,10-11,15H2,1-3H3. The van der Waals surface area contributed by atoms with Crippen LogP contribution < -0.4 is 9.64 Å². The first-order chi connectivity index (χ1) is 17.6. The lowest BCUT2D eigenvalue weighted by molar-refractivity contribution is -0.137. The zero-order valence-electron chi connectivity index (χ0n) is 20.5. The van der Waals surface area contributed by atoms with Crippen LogP contribution in [-0.4, -0.2) is 50.3 Å². The summed E-state index contributed by atoms with van der Waals surface area (Å²) in [6.07, 6.45) is 1.27. The normalized spacial score (nSPS) is 18.0. The highest BCUT2D eigenvalue weighted by Gasteiger charge is 2.46. The first-order valence-corrected chi connectivity index (χ1v) is 11.7. The van der Waals surface area contributed by atoms with Crippen molar-refractivity contribution in [1.29, 1.82) is 0 Å². The maximum atomic E-state index is 13.7. The highest BCUT2D eigenvalue weighted by molar-refractivity contribution is 6.00. The van der Waals surface area contributed by atoms with Crippen molar-refractivity contribution in [2.24, 2.45) is 0 Å². The number of imidazole rings is 1. The number of nitrogens with zero attached hydrogens (tertiary/aromatic N) is 6. The Morgan fingerprint density at radius 1 is 1.11 bits per heavy atom. The van der Waals surface area contributed by atoms with Gasteiger partial charge in [-0.25, -0.2) is 9.67 Å². The number of rotatable bonds is 5. The first-order valence-electron chi connectivity index (χ1n) is 11.7. The zero-order valence-corrected chi connectivity index (χ0v) is 20.5. The SMILES string of the molecule is COc1cc(-c2cn(C3(C)CCc4ccccc4N(CC(F)(F)F)C3=O)nn2)ccc1-n1cnc(C)c1. The van der Waals surface area contributed by atoms with Crippen molar-refractivity contribution in [3.63, 3.8) is 0 Å². The highest BCUT2D eigenvalue weighted by atomic mass is 19.4. The summed E-state index contributed by atoms with van der Waals surface area (Å²) < 4.78 is 49.3. The molecule has 0 fully saturated rings. The number of hydrogen-bond acceptors (Lipinski definition) is 5. The quantitative estimate of drug-likeness (QED) is 0.389. The number of benzene rings is 2. The number of amides is 1. The maximum Gasteiger partial charge on any atom is 0.406 e. The van der Waals surface area contributed by atoms with E-state index in [2.05, 4.69) is 15.3 Å². The Labute approximate surface area is 211 Å². The lowest BCUT2D eigenvalue weighted by Gasteiger charge is -2.32. The van der Waals surface area contributed by atoms with Gasteiger partial charge in [-0.05, 0) is 50.5 Å². The third-order valence-corrected chi connectivity index (χ3v) is 6.67.